The number of nitrogens with zero attached hydrogens (tertiary/aromatic N) is 2. The molecule has 0 aliphatic rings. The molecule has 1 atom stereocenters. The van der Waals surface area contributed by atoms with Crippen LogP contribution in [-0.2, 0) is 4.79 Å². The molecule has 0 bridgehead atoms. The molecule has 6 nitrogen and oxygen atoms in total. The lowest BCUT2D eigenvalue weighted by atomic mass is 10.1. The summed E-state index contributed by atoms with van der Waals surface area (Å²) in [5.74, 6) is -0.667. The van der Waals surface area contributed by atoms with Gasteiger partial charge in [0.15, 0.2) is 0 Å². The van der Waals surface area contributed by atoms with Crippen molar-refractivity contribution >= 4 is 23.7 Å². The quantitative estimate of drug-likeness (QED) is 0.655. The fraction of sp³-hybridized carbons (Fsp3) is 0.625. The number of hydrogen-bond acceptors (Lipinski definition) is 5. The molecule has 0 radical (unpaired) electrons. The van der Waals surface area contributed by atoms with Crippen LogP contribution in [-0.4, -0.2) is 31.0 Å². The van der Waals surface area contributed by atoms with Gasteiger partial charge >= 0.3 is 5.97 Å². The van der Waals surface area contributed by atoms with Gasteiger partial charge in [0.25, 0.3) is 0 Å². The third-order valence-corrected chi connectivity index (χ3v) is 3.17. The minimum Gasteiger partial charge on any atom is -0.480 e. The molecule has 1 rings (SSSR count). The maximum atomic E-state index is 11.1. The lowest BCUT2D eigenvalue weighted by Crippen LogP contribution is -2.31. The second-order valence-electron chi connectivity index (χ2n) is 3.39. The molecule has 1 aromatic heterocycles. The van der Waals surface area contributed by atoms with E-state index in [9.17, 15) is 4.79 Å². The minimum atomic E-state index is -0.899. The SMILES string of the molecule is CCCC(C)(Sc1n[nH]c(N)n1)C(=O)O. The van der Waals surface area contributed by atoms with Gasteiger partial charge in [-0.1, -0.05) is 25.1 Å². The molecule has 0 fully saturated rings. The smallest absolute Gasteiger partial charge is 0.319 e. The summed E-state index contributed by atoms with van der Waals surface area (Å²) in [4.78, 5) is 15.0. The third-order valence-electron chi connectivity index (χ3n) is 1.98. The van der Waals surface area contributed by atoms with E-state index in [0.717, 1.165) is 18.2 Å². The highest BCUT2D eigenvalue weighted by atomic mass is 32.2. The zero-order chi connectivity index (χ0) is 11.5. The van der Waals surface area contributed by atoms with Crippen LogP contribution in [0.5, 0.6) is 0 Å². The zero-order valence-corrected chi connectivity index (χ0v) is 9.47. The summed E-state index contributed by atoms with van der Waals surface area (Å²) in [5, 5.41) is 15.8. The number of H-pyrrole nitrogens is 1. The van der Waals surface area contributed by atoms with Crippen molar-refractivity contribution in [2.75, 3.05) is 5.73 Å². The number of thioether (sulfide) groups is 1. The van der Waals surface area contributed by atoms with Crippen LogP contribution in [0.4, 0.5) is 5.95 Å². The molecular weight excluding hydrogens is 216 g/mol. The van der Waals surface area contributed by atoms with Crippen LogP contribution >= 0.6 is 11.8 Å². The predicted molar refractivity (Wildman–Crippen MR) is 57.6 cm³/mol. The number of hydrogen-bond donors (Lipinski definition) is 3. The number of carbonyl (C=O) groups is 1. The van der Waals surface area contributed by atoms with E-state index in [-0.39, 0.29) is 5.95 Å². The van der Waals surface area contributed by atoms with Gasteiger partial charge < -0.3 is 10.8 Å². The summed E-state index contributed by atoms with van der Waals surface area (Å²) < 4.78 is -0.899. The summed E-state index contributed by atoms with van der Waals surface area (Å²) in [5.41, 5.74) is 5.36. The molecule has 0 aromatic carbocycles. The summed E-state index contributed by atoms with van der Waals surface area (Å²) in [6.07, 6.45) is 1.34. The number of carboxylic acids is 1. The van der Waals surface area contributed by atoms with E-state index in [2.05, 4.69) is 15.2 Å². The first kappa shape index (κ1) is 11.8. The maximum absolute atomic E-state index is 11.1. The standard InChI is InChI=1S/C8H14N4O2S/c1-3-4-8(2,5(13)14)15-7-10-6(9)11-12-7/h3-4H2,1-2H3,(H,13,14)(H3,9,10,11,12). The van der Waals surface area contributed by atoms with Crippen molar-refractivity contribution in [2.45, 2.75) is 36.6 Å². The fourth-order valence-electron chi connectivity index (χ4n) is 1.18. The van der Waals surface area contributed by atoms with E-state index in [1.54, 1.807) is 6.92 Å². The van der Waals surface area contributed by atoms with Crippen LogP contribution < -0.4 is 5.73 Å². The van der Waals surface area contributed by atoms with Gasteiger partial charge in [0.1, 0.15) is 4.75 Å². The van der Waals surface area contributed by atoms with Gasteiger partial charge in [0, 0.05) is 0 Å². The topological polar surface area (TPSA) is 105 Å². The first-order chi connectivity index (χ1) is 6.98. The Morgan fingerprint density at radius 1 is 1.73 bits per heavy atom. The van der Waals surface area contributed by atoms with Crippen LogP contribution in [0.3, 0.4) is 0 Å². The number of anilines is 1. The molecule has 84 valence electrons. The second-order valence-corrected chi connectivity index (χ2v) is 4.86. The molecule has 1 heterocycles. The Bertz CT molecular complexity index is 354. The lowest BCUT2D eigenvalue weighted by molar-refractivity contribution is -0.139. The molecule has 7 heteroatoms. The molecule has 0 saturated heterocycles. The fourth-order valence-corrected chi connectivity index (χ4v) is 2.22. The number of nitrogens with one attached hydrogen (secondary N) is 1. The molecule has 0 aliphatic heterocycles. The van der Waals surface area contributed by atoms with Crippen LogP contribution in [0.15, 0.2) is 5.16 Å². The molecule has 4 N–H and O–H groups in total. The summed E-state index contributed by atoms with van der Waals surface area (Å²) in [7, 11) is 0. The van der Waals surface area contributed by atoms with E-state index in [1.165, 1.54) is 0 Å². The summed E-state index contributed by atoms with van der Waals surface area (Å²) in [6, 6.07) is 0. The van der Waals surface area contributed by atoms with Gasteiger partial charge in [-0.2, -0.15) is 4.98 Å². The lowest BCUT2D eigenvalue weighted by Gasteiger charge is -2.21. The average molecular weight is 230 g/mol. The van der Waals surface area contributed by atoms with E-state index >= 15 is 0 Å². The predicted octanol–water partition coefficient (Wildman–Crippen LogP) is 1.12. The molecule has 0 aliphatic carbocycles. The number of aromatic amines is 1. The highest BCUT2D eigenvalue weighted by Gasteiger charge is 2.34. The van der Waals surface area contributed by atoms with Crippen LogP contribution in [0, 0.1) is 0 Å². The highest BCUT2D eigenvalue weighted by molar-refractivity contribution is 8.01. The number of aliphatic carboxylic acids is 1. The van der Waals surface area contributed by atoms with Gasteiger partial charge in [-0.15, -0.1) is 5.10 Å². The van der Waals surface area contributed by atoms with Crippen molar-refractivity contribution < 1.29 is 9.90 Å². The number of nitrogen functional groups attached to an aromatic ring is 1. The first-order valence-electron chi connectivity index (χ1n) is 4.58. The summed E-state index contributed by atoms with van der Waals surface area (Å²) in [6.45, 7) is 3.60. The number of aromatic nitrogens is 3. The van der Waals surface area contributed by atoms with E-state index < -0.39 is 10.7 Å². The third kappa shape index (κ3) is 2.85. The zero-order valence-electron chi connectivity index (χ0n) is 8.65. The van der Waals surface area contributed by atoms with E-state index in [0.29, 0.717) is 11.6 Å². The molecule has 0 amide bonds. The average Bonchev–Trinajstić information content (AvgIpc) is 2.51. The Kier molecular flexibility index (Phi) is 3.57. The van der Waals surface area contributed by atoms with Crippen molar-refractivity contribution in [1.82, 2.24) is 15.2 Å². The second kappa shape index (κ2) is 4.52. The number of rotatable bonds is 5. The van der Waals surface area contributed by atoms with Crippen molar-refractivity contribution in [1.29, 1.82) is 0 Å². The van der Waals surface area contributed by atoms with Crippen molar-refractivity contribution in [3.63, 3.8) is 0 Å². The Labute approximate surface area is 91.7 Å². The van der Waals surface area contributed by atoms with Gasteiger partial charge in [0.2, 0.25) is 11.1 Å². The van der Waals surface area contributed by atoms with Gasteiger partial charge in [-0.3, -0.25) is 4.79 Å². The van der Waals surface area contributed by atoms with Crippen molar-refractivity contribution in [3.05, 3.63) is 0 Å². The van der Waals surface area contributed by atoms with Gasteiger partial charge in [0.05, 0.1) is 0 Å². The molecule has 0 saturated carbocycles. The Balaban J connectivity index is 2.79. The van der Waals surface area contributed by atoms with Crippen molar-refractivity contribution in [3.8, 4) is 0 Å². The molecule has 1 aromatic rings. The minimum absolute atomic E-state index is 0.196. The molecule has 15 heavy (non-hydrogen) atoms. The van der Waals surface area contributed by atoms with Crippen LogP contribution in [0.2, 0.25) is 0 Å². The first-order valence-corrected chi connectivity index (χ1v) is 5.40. The van der Waals surface area contributed by atoms with Crippen molar-refractivity contribution in [2.24, 2.45) is 0 Å². The Morgan fingerprint density at radius 3 is 2.80 bits per heavy atom. The molecular formula is C8H14N4O2S. The van der Waals surface area contributed by atoms with Gasteiger partial charge in [-0.05, 0) is 13.3 Å². The Morgan fingerprint density at radius 2 is 2.40 bits per heavy atom. The van der Waals surface area contributed by atoms with Crippen LogP contribution in [0.25, 0.3) is 0 Å². The normalized spacial score (nSPS) is 14.8. The van der Waals surface area contributed by atoms with Gasteiger partial charge in [-0.25, -0.2) is 5.10 Å². The van der Waals surface area contributed by atoms with E-state index in [1.807, 2.05) is 6.92 Å². The Hall–Kier alpha value is -1.24. The number of carboxylic acid groups (broad SMARTS) is 1. The maximum Gasteiger partial charge on any atom is 0.319 e. The highest BCUT2D eigenvalue weighted by Crippen LogP contribution is 2.34. The van der Waals surface area contributed by atoms with Crippen LogP contribution in [0.1, 0.15) is 26.7 Å². The molecule has 0 spiro atoms. The largest absolute Gasteiger partial charge is 0.480 e. The monoisotopic (exact) mass is 230 g/mol. The summed E-state index contributed by atoms with van der Waals surface area (Å²) >= 11 is 1.11. The number of nitrogens with two attached hydrogens (primary N) is 1. The van der Waals surface area contributed by atoms with E-state index in [4.69, 9.17) is 10.8 Å². The molecule has 1 unspecified atom stereocenters.